The summed E-state index contributed by atoms with van der Waals surface area (Å²) in [6, 6.07) is 22.3. The second-order valence-corrected chi connectivity index (χ2v) is 6.04. The molecular weight excluding hydrogens is 357 g/mol. The van der Waals surface area contributed by atoms with Crippen molar-refractivity contribution in [1.29, 1.82) is 5.26 Å². The summed E-state index contributed by atoms with van der Waals surface area (Å²) < 4.78 is 18.9. The highest BCUT2D eigenvalue weighted by Gasteiger charge is 2.04. The van der Waals surface area contributed by atoms with Gasteiger partial charge >= 0.3 is 0 Å². The van der Waals surface area contributed by atoms with Crippen molar-refractivity contribution < 1.29 is 13.9 Å². The molecule has 3 aromatic carbocycles. The Bertz CT molecular complexity index is 1010. The molecule has 2 N–H and O–H groups in total. The second kappa shape index (κ2) is 9.19. The number of carbonyl (C=O) groups excluding carboxylic acids is 1. The zero-order valence-corrected chi connectivity index (χ0v) is 15.0. The van der Waals surface area contributed by atoms with Gasteiger partial charge in [-0.15, -0.1) is 0 Å². The quantitative estimate of drug-likeness (QED) is 0.645. The smallest absolute Gasteiger partial charge is 0.243 e. The number of hydrogen-bond donors (Lipinski definition) is 2. The molecule has 6 heteroatoms. The molecule has 0 heterocycles. The van der Waals surface area contributed by atoms with Gasteiger partial charge in [0.1, 0.15) is 18.2 Å². The fraction of sp³-hybridized carbons (Fsp3) is 0.0909. The summed E-state index contributed by atoms with van der Waals surface area (Å²) in [4.78, 5) is 12.0. The number of hydrogen-bond acceptors (Lipinski definition) is 4. The maximum Gasteiger partial charge on any atom is 0.243 e. The molecule has 0 aliphatic carbocycles. The number of anilines is 2. The van der Waals surface area contributed by atoms with Crippen molar-refractivity contribution in [3.8, 4) is 11.8 Å². The SMILES string of the molecule is N#Cc1cccc(COc2cccc(NCC(=O)Nc3cccc(F)c3)c2)c1. The number of halogens is 1. The first-order valence-corrected chi connectivity index (χ1v) is 8.63. The lowest BCUT2D eigenvalue weighted by atomic mass is 10.1. The summed E-state index contributed by atoms with van der Waals surface area (Å²) in [5, 5.41) is 14.6. The Morgan fingerprint density at radius 2 is 1.79 bits per heavy atom. The van der Waals surface area contributed by atoms with Gasteiger partial charge in [0.25, 0.3) is 0 Å². The van der Waals surface area contributed by atoms with Crippen molar-refractivity contribution in [2.24, 2.45) is 0 Å². The number of nitriles is 1. The molecule has 0 fully saturated rings. The predicted octanol–water partition coefficient (Wildman–Crippen LogP) is 4.33. The van der Waals surface area contributed by atoms with Gasteiger partial charge in [-0.2, -0.15) is 5.26 Å². The van der Waals surface area contributed by atoms with Crippen molar-refractivity contribution in [1.82, 2.24) is 0 Å². The second-order valence-electron chi connectivity index (χ2n) is 6.04. The monoisotopic (exact) mass is 375 g/mol. The van der Waals surface area contributed by atoms with Crippen molar-refractivity contribution in [2.45, 2.75) is 6.61 Å². The number of ether oxygens (including phenoxy) is 1. The minimum Gasteiger partial charge on any atom is -0.489 e. The number of amides is 1. The third-order valence-corrected chi connectivity index (χ3v) is 3.86. The molecule has 0 aromatic heterocycles. The van der Waals surface area contributed by atoms with Crippen molar-refractivity contribution in [2.75, 3.05) is 17.2 Å². The highest BCUT2D eigenvalue weighted by Crippen LogP contribution is 2.19. The number of nitrogens with one attached hydrogen (secondary N) is 2. The molecule has 0 unspecified atom stereocenters. The Morgan fingerprint density at radius 3 is 2.61 bits per heavy atom. The topological polar surface area (TPSA) is 74.1 Å². The number of rotatable bonds is 7. The van der Waals surface area contributed by atoms with Crippen LogP contribution in [-0.4, -0.2) is 12.5 Å². The van der Waals surface area contributed by atoms with E-state index in [1.165, 1.54) is 18.2 Å². The van der Waals surface area contributed by atoms with E-state index < -0.39 is 5.82 Å². The van der Waals surface area contributed by atoms with Gasteiger partial charge in [0.05, 0.1) is 18.2 Å². The molecule has 0 aliphatic rings. The Labute approximate surface area is 162 Å². The third kappa shape index (κ3) is 5.58. The first-order valence-electron chi connectivity index (χ1n) is 8.63. The van der Waals surface area contributed by atoms with E-state index in [9.17, 15) is 9.18 Å². The first kappa shape index (κ1) is 18.9. The van der Waals surface area contributed by atoms with Crippen LogP contribution in [-0.2, 0) is 11.4 Å². The molecule has 1 amide bonds. The van der Waals surface area contributed by atoms with Gasteiger partial charge in [-0.3, -0.25) is 4.79 Å². The van der Waals surface area contributed by atoms with Crippen LogP contribution in [0.2, 0.25) is 0 Å². The fourth-order valence-electron chi connectivity index (χ4n) is 2.55. The Kier molecular flexibility index (Phi) is 6.21. The molecule has 140 valence electrons. The summed E-state index contributed by atoms with van der Waals surface area (Å²) in [5.74, 6) is -0.0564. The molecule has 0 spiro atoms. The summed E-state index contributed by atoms with van der Waals surface area (Å²) in [5.41, 5.74) is 2.61. The molecule has 3 rings (SSSR count). The Balaban J connectivity index is 1.53. The van der Waals surface area contributed by atoms with E-state index in [4.69, 9.17) is 10.00 Å². The molecule has 0 bridgehead atoms. The minimum absolute atomic E-state index is 0.0319. The average molecular weight is 375 g/mol. The van der Waals surface area contributed by atoms with Crippen molar-refractivity contribution in [3.63, 3.8) is 0 Å². The molecule has 3 aromatic rings. The third-order valence-electron chi connectivity index (χ3n) is 3.86. The predicted molar refractivity (Wildman–Crippen MR) is 105 cm³/mol. The van der Waals surface area contributed by atoms with Crippen molar-refractivity contribution >= 4 is 17.3 Å². The normalized spacial score (nSPS) is 10.0. The van der Waals surface area contributed by atoms with E-state index in [2.05, 4.69) is 16.7 Å². The van der Waals surface area contributed by atoms with Crippen LogP contribution in [0.15, 0.2) is 72.8 Å². The van der Waals surface area contributed by atoms with Gasteiger partial charge in [0.2, 0.25) is 5.91 Å². The summed E-state index contributed by atoms with van der Waals surface area (Å²) in [7, 11) is 0. The van der Waals surface area contributed by atoms with Gasteiger partial charge in [0, 0.05) is 17.4 Å². The van der Waals surface area contributed by atoms with Crippen molar-refractivity contribution in [3.05, 3.63) is 89.7 Å². The van der Waals surface area contributed by atoms with Gasteiger partial charge in [-0.05, 0) is 48.0 Å². The van der Waals surface area contributed by atoms with Crippen LogP contribution in [0.25, 0.3) is 0 Å². The molecule has 0 atom stereocenters. The molecular formula is C22H18FN3O2. The zero-order valence-electron chi connectivity index (χ0n) is 15.0. The van der Waals surface area contributed by atoms with E-state index in [0.717, 1.165) is 11.3 Å². The lowest BCUT2D eigenvalue weighted by molar-refractivity contribution is -0.114. The minimum atomic E-state index is -0.407. The van der Waals surface area contributed by atoms with Gasteiger partial charge < -0.3 is 15.4 Å². The van der Waals surface area contributed by atoms with E-state index in [1.54, 1.807) is 24.3 Å². The van der Waals surface area contributed by atoms with Crippen LogP contribution in [0.5, 0.6) is 5.75 Å². The van der Waals surface area contributed by atoms with Gasteiger partial charge in [-0.25, -0.2) is 4.39 Å². The molecule has 0 radical (unpaired) electrons. The largest absolute Gasteiger partial charge is 0.489 e. The molecule has 0 aliphatic heterocycles. The molecule has 5 nitrogen and oxygen atoms in total. The zero-order chi connectivity index (χ0) is 19.8. The lowest BCUT2D eigenvalue weighted by Crippen LogP contribution is -2.21. The number of nitrogens with zero attached hydrogens (tertiary/aromatic N) is 1. The highest BCUT2D eigenvalue weighted by molar-refractivity contribution is 5.93. The van der Waals surface area contributed by atoms with Crippen LogP contribution >= 0.6 is 0 Å². The van der Waals surface area contributed by atoms with Crippen LogP contribution in [0, 0.1) is 17.1 Å². The van der Waals surface area contributed by atoms with Crippen LogP contribution in [0.3, 0.4) is 0 Å². The molecule has 28 heavy (non-hydrogen) atoms. The van der Waals surface area contributed by atoms with Crippen LogP contribution in [0.4, 0.5) is 15.8 Å². The summed E-state index contributed by atoms with van der Waals surface area (Å²) in [6.45, 7) is 0.364. The lowest BCUT2D eigenvalue weighted by Gasteiger charge is -2.10. The first-order chi connectivity index (χ1) is 13.6. The van der Waals surface area contributed by atoms with E-state index in [-0.39, 0.29) is 12.5 Å². The number of carbonyl (C=O) groups is 1. The summed E-state index contributed by atoms with van der Waals surface area (Å²) in [6.07, 6.45) is 0. The van der Waals surface area contributed by atoms with Gasteiger partial charge in [0.15, 0.2) is 0 Å². The Hall–Kier alpha value is -3.85. The highest BCUT2D eigenvalue weighted by atomic mass is 19.1. The average Bonchev–Trinajstić information content (AvgIpc) is 2.71. The number of benzene rings is 3. The molecule has 0 saturated heterocycles. The van der Waals surface area contributed by atoms with Gasteiger partial charge in [-0.1, -0.05) is 24.3 Å². The maximum absolute atomic E-state index is 13.2. The Morgan fingerprint density at radius 1 is 1.00 bits per heavy atom. The van der Waals surface area contributed by atoms with Crippen LogP contribution < -0.4 is 15.4 Å². The van der Waals surface area contributed by atoms with E-state index in [0.29, 0.717) is 23.6 Å². The van der Waals surface area contributed by atoms with E-state index in [1.807, 2.05) is 30.3 Å². The summed E-state index contributed by atoms with van der Waals surface area (Å²) >= 11 is 0. The fourth-order valence-corrected chi connectivity index (χ4v) is 2.55. The van der Waals surface area contributed by atoms with E-state index >= 15 is 0 Å². The standard InChI is InChI=1S/C22H18FN3O2/c23-18-6-2-8-20(11-18)26-22(27)14-25-19-7-3-9-21(12-19)28-15-17-5-1-4-16(10-17)13-24/h1-12,25H,14-15H2,(H,26,27). The maximum atomic E-state index is 13.2. The molecule has 0 saturated carbocycles. The van der Waals surface area contributed by atoms with Crippen LogP contribution in [0.1, 0.15) is 11.1 Å².